The van der Waals surface area contributed by atoms with Gasteiger partial charge < -0.3 is 9.84 Å². The quantitative estimate of drug-likeness (QED) is 0.914. The van der Waals surface area contributed by atoms with Gasteiger partial charge in [0.1, 0.15) is 5.52 Å². The van der Waals surface area contributed by atoms with Crippen LogP contribution in [-0.2, 0) is 0 Å². The number of nitrogens with zero attached hydrogens (tertiary/aromatic N) is 1. The van der Waals surface area contributed by atoms with Gasteiger partial charge in [-0.3, -0.25) is 4.98 Å². The first kappa shape index (κ1) is 13.4. The van der Waals surface area contributed by atoms with Crippen molar-refractivity contribution in [1.29, 1.82) is 0 Å². The summed E-state index contributed by atoms with van der Waals surface area (Å²) in [5, 5.41) is 11.5. The minimum Gasteiger partial charge on any atom is -0.494 e. The smallest absolute Gasteiger partial charge is 0.152 e. The van der Waals surface area contributed by atoms with E-state index in [0.717, 1.165) is 41.3 Å². The summed E-state index contributed by atoms with van der Waals surface area (Å²) in [6, 6.07) is 5.66. The van der Waals surface area contributed by atoms with E-state index in [9.17, 15) is 5.11 Å². The largest absolute Gasteiger partial charge is 0.494 e. The monoisotopic (exact) mass is 289 g/mol. The van der Waals surface area contributed by atoms with Crippen molar-refractivity contribution in [2.24, 2.45) is 0 Å². The lowest BCUT2D eigenvalue weighted by atomic mass is 10.0. The van der Waals surface area contributed by atoms with Crippen molar-refractivity contribution >= 4 is 28.6 Å². The van der Waals surface area contributed by atoms with Gasteiger partial charge in [-0.15, -0.1) is 0 Å². The zero-order valence-corrected chi connectivity index (χ0v) is 12.0. The van der Waals surface area contributed by atoms with Crippen molar-refractivity contribution in [2.75, 3.05) is 7.11 Å². The van der Waals surface area contributed by atoms with Crippen LogP contribution in [0.1, 0.15) is 24.8 Å². The molecule has 1 heterocycles. The van der Waals surface area contributed by atoms with Crippen LogP contribution in [0.5, 0.6) is 5.75 Å². The molecule has 1 atom stereocenters. The Labute approximate surface area is 122 Å². The summed E-state index contributed by atoms with van der Waals surface area (Å²) in [4.78, 5) is 4.37. The van der Waals surface area contributed by atoms with Crippen molar-refractivity contribution in [3.05, 3.63) is 40.6 Å². The Hall–Kier alpha value is -1.58. The molecule has 0 saturated heterocycles. The number of aliphatic hydroxyl groups excluding tert-OH is 1. The van der Waals surface area contributed by atoms with Gasteiger partial charge >= 0.3 is 0 Å². The van der Waals surface area contributed by atoms with Crippen LogP contribution in [0.3, 0.4) is 0 Å². The number of pyridine rings is 1. The first-order valence-electron chi connectivity index (χ1n) is 6.70. The summed E-state index contributed by atoms with van der Waals surface area (Å²) in [6.07, 6.45) is 6.13. The van der Waals surface area contributed by atoms with E-state index in [4.69, 9.17) is 16.3 Å². The Balaban J connectivity index is 2.20. The molecule has 1 saturated carbocycles. The lowest BCUT2D eigenvalue weighted by Gasteiger charge is -2.11. The van der Waals surface area contributed by atoms with E-state index >= 15 is 0 Å². The molecule has 3 rings (SSSR count). The van der Waals surface area contributed by atoms with Crippen LogP contribution in [0.2, 0.25) is 5.02 Å². The summed E-state index contributed by atoms with van der Waals surface area (Å²) in [5.41, 5.74) is 2.66. The Morgan fingerprint density at radius 3 is 3.05 bits per heavy atom. The van der Waals surface area contributed by atoms with E-state index in [2.05, 4.69) is 4.98 Å². The van der Waals surface area contributed by atoms with Gasteiger partial charge in [-0.2, -0.15) is 0 Å². The normalized spacial score (nSPS) is 20.8. The van der Waals surface area contributed by atoms with E-state index in [1.165, 1.54) is 0 Å². The van der Waals surface area contributed by atoms with E-state index < -0.39 is 0 Å². The van der Waals surface area contributed by atoms with Crippen LogP contribution < -0.4 is 4.74 Å². The minimum absolute atomic E-state index is 0.349. The Morgan fingerprint density at radius 1 is 1.50 bits per heavy atom. The van der Waals surface area contributed by atoms with Crippen molar-refractivity contribution in [3.63, 3.8) is 0 Å². The molecule has 1 unspecified atom stereocenters. The highest BCUT2D eigenvalue weighted by atomic mass is 35.5. The molecular formula is C16H16ClNO2. The van der Waals surface area contributed by atoms with Crippen LogP contribution in [0.15, 0.2) is 30.0 Å². The molecule has 20 heavy (non-hydrogen) atoms. The molecule has 4 heteroatoms. The number of rotatable bonds is 2. The standard InChI is InChI=1S/C16H16ClNO2/c1-20-16-11(8-10-4-2-6-14(10)19)9-13(17)12-5-3-7-18-15(12)16/h3,5,7-9,14,19H,2,4,6H2,1H3/b10-8-. The molecule has 1 aliphatic carbocycles. The fourth-order valence-electron chi connectivity index (χ4n) is 2.74. The Morgan fingerprint density at radius 2 is 2.35 bits per heavy atom. The molecule has 1 N–H and O–H groups in total. The Kier molecular flexibility index (Phi) is 3.64. The van der Waals surface area contributed by atoms with Crippen LogP contribution in [0.4, 0.5) is 0 Å². The van der Waals surface area contributed by atoms with Crippen molar-refractivity contribution in [1.82, 2.24) is 4.98 Å². The van der Waals surface area contributed by atoms with Gasteiger partial charge in [0, 0.05) is 17.1 Å². The molecule has 0 radical (unpaired) electrons. The molecule has 0 bridgehead atoms. The number of ether oxygens (including phenoxy) is 1. The number of fused-ring (bicyclic) bond motifs is 1. The van der Waals surface area contributed by atoms with Crippen molar-refractivity contribution < 1.29 is 9.84 Å². The highest BCUT2D eigenvalue weighted by molar-refractivity contribution is 6.35. The van der Waals surface area contributed by atoms with Crippen molar-refractivity contribution in [3.8, 4) is 5.75 Å². The third-order valence-electron chi connectivity index (χ3n) is 3.74. The third-order valence-corrected chi connectivity index (χ3v) is 4.05. The summed E-state index contributed by atoms with van der Waals surface area (Å²) >= 11 is 6.33. The SMILES string of the molecule is COc1c(/C=C2/CCCC2O)cc(Cl)c2cccnc12. The molecule has 0 aliphatic heterocycles. The molecule has 1 aromatic heterocycles. The summed E-state index contributed by atoms with van der Waals surface area (Å²) in [7, 11) is 1.63. The average molecular weight is 290 g/mol. The molecule has 104 valence electrons. The van der Waals surface area contributed by atoms with Crippen LogP contribution in [-0.4, -0.2) is 23.3 Å². The van der Waals surface area contributed by atoms with Crippen LogP contribution in [0, 0.1) is 0 Å². The van der Waals surface area contributed by atoms with Gasteiger partial charge in [0.25, 0.3) is 0 Å². The van der Waals surface area contributed by atoms with E-state index in [-0.39, 0.29) is 6.10 Å². The second-order valence-corrected chi connectivity index (χ2v) is 5.41. The van der Waals surface area contributed by atoms with Gasteiger partial charge in [0.2, 0.25) is 0 Å². The molecule has 1 aliphatic rings. The van der Waals surface area contributed by atoms with Gasteiger partial charge in [-0.1, -0.05) is 11.6 Å². The van der Waals surface area contributed by atoms with Crippen LogP contribution >= 0.6 is 11.6 Å². The first-order valence-corrected chi connectivity index (χ1v) is 7.08. The zero-order chi connectivity index (χ0) is 14.1. The molecule has 3 nitrogen and oxygen atoms in total. The summed E-state index contributed by atoms with van der Waals surface area (Å²) in [6.45, 7) is 0. The average Bonchev–Trinajstić information content (AvgIpc) is 2.85. The topological polar surface area (TPSA) is 42.4 Å². The highest BCUT2D eigenvalue weighted by Gasteiger charge is 2.19. The number of halogens is 1. The van der Waals surface area contributed by atoms with Crippen LogP contribution in [0.25, 0.3) is 17.0 Å². The molecule has 1 aromatic carbocycles. The molecular weight excluding hydrogens is 274 g/mol. The predicted octanol–water partition coefficient (Wildman–Crippen LogP) is 3.83. The number of aliphatic hydroxyl groups is 1. The second-order valence-electron chi connectivity index (χ2n) is 5.01. The molecule has 0 amide bonds. The lowest BCUT2D eigenvalue weighted by Crippen LogP contribution is -2.01. The number of hydrogen-bond donors (Lipinski definition) is 1. The molecule has 0 spiro atoms. The lowest BCUT2D eigenvalue weighted by molar-refractivity contribution is 0.219. The molecule has 1 fully saturated rings. The number of hydrogen-bond acceptors (Lipinski definition) is 3. The molecule has 2 aromatic rings. The van der Waals surface area contributed by atoms with Gasteiger partial charge in [0.15, 0.2) is 5.75 Å². The third kappa shape index (κ3) is 2.28. The highest BCUT2D eigenvalue weighted by Crippen LogP contribution is 2.36. The number of aromatic nitrogens is 1. The van der Waals surface area contributed by atoms with E-state index in [1.54, 1.807) is 13.3 Å². The fourth-order valence-corrected chi connectivity index (χ4v) is 3.01. The predicted molar refractivity (Wildman–Crippen MR) is 81.1 cm³/mol. The van der Waals surface area contributed by atoms with Gasteiger partial charge in [-0.25, -0.2) is 0 Å². The maximum Gasteiger partial charge on any atom is 0.152 e. The minimum atomic E-state index is -0.349. The van der Waals surface area contributed by atoms with Gasteiger partial charge in [0.05, 0.1) is 18.2 Å². The maximum absolute atomic E-state index is 9.94. The summed E-state index contributed by atoms with van der Waals surface area (Å²) < 4.78 is 5.51. The van der Waals surface area contributed by atoms with Crippen molar-refractivity contribution in [2.45, 2.75) is 25.4 Å². The number of methoxy groups -OCH3 is 1. The second kappa shape index (κ2) is 5.43. The maximum atomic E-state index is 9.94. The van der Waals surface area contributed by atoms with E-state index in [1.807, 2.05) is 24.3 Å². The fraction of sp³-hybridized carbons (Fsp3) is 0.312. The van der Waals surface area contributed by atoms with E-state index in [0.29, 0.717) is 10.8 Å². The zero-order valence-electron chi connectivity index (χ0n) is 11.3. The summed E-state index contributed by atoms with van der Waals surface area (Å²) in [5.74, 6) is 0.705. The van der Waals surface area contributed by atoms with Gasteiger partial charge in [-0.05, 0) is 49.1 Å². The number of benzene rings is 1. The first-order chi connectivity index (χ1) is 9.70. The Bertz CT molecular complexity index is 681.